The summed E-state index contributed by atoms with van der Waals surface area (Å²) in [6, 6.07) is 13.2. The average molecular weight is 501 g/mol. The number of fused-ring (bicyclic) bond motifs is 1. The van der Waals surface area contributed by atoms with Gasteiger partial charge in [-0.3, -0.25) is 4.68 Å². The van der Waals surface area contributed by atoms with Crippen LogP contribution in [0.1, 0.15) is 6.42 Å². The van der Waals surface area contributed by atoms with Crippen LogP contribution in [0.25, 0.3) is 33.4 Å². The van der Waals surface area contributed by atoms with E-state index in [1.807, 2.05) is 42.5 Å². The normalized spacial score (nSPS) is 16.2. The Labute approximate surface area is 191 Å². The number of hydrogen-bond donors (Lipinski definition) is 0. The smallest absolute Gasteiger partial charge is 0.257 e. The molecule has 0 saturated carbocycles. The maximum Gasteiger partial charge on any atom is 0.257 e. The largest absolute Gasteiger partial charge is 0.487 e. The lowest BCUT2D eigenvalue weighted by atomic mass is 10.0. The Morgan fingerprint density at radius 2 is 2.00 bits per heavy atom. The van der Waals surface area contributed by atoms with Gasteiger partial charge < -0.3 is 9.47 Å². The fourth-order valence-electron chi connectivity index (χ4n) is 3.79. The van der Waals surface area contributed by atoms with Crippen molar-refractivity contribution in [3.05, 3.63) is 59.5 Å². The fraction of sp³-hybridized carbons (Fsp3) is 0.261. The molecule has 32 heavy (non-hydrogen) atoms. The van der Waals surface area contributed by atoms with Gasteiger partial charge in [-0.1, -0.05) is 30.3 Å². The zero-order chi connectivity index (χ0) is 22.1. The zero-order valence-electron chi connectivity index (χ0n) is 16.9. The van der Waals surface area contributed by atoms with E-state index < -0.39 is 13.0 Å². The van der Waals surface area contributed by atoms with Crippen LogP contribution in [0.4, 0.5) is 8.78 Å². The maximum atomic E-state index is 13.1. The second-order valence-electron chi connectivity index (χ2n) is 7.50. The third-order valence-corrected chi connectivity index (χ3v) is 5.88. The van der Waals surface area contributed by atoms with Gasteiger partial charge in [0, 0.05) is 35.2 Å². The fourth-order valence-corrected chi connectivity index (χ4v) is 4.22. The zero-order valence-corrected chi connectivity index (χ0v) is 18.5. The second-order valence-corrected chi connectivity index (χ2v) is 8.35. The molecule has 0 amide bonds. The van der Waals surface area contributed by atoms with E-state index >= 15 is 0 Å². The molecule has 0 radical (unpaired) electrons. The summed E-state index contributed by atoms with van der Waals surface area (Å²) >= 11 is 3.59. The minimum atomic E-state index is -2.51. The first-order valence-electron chi connectivity index (χ1n) is 10.2. The van der Waals surface area contributed by atoms with Gasteiger partial charge in [0.25, 0.3) is 6.43 Å². The summed E-state index contributed by atoms with van der Waals surface area (Å²) in [6.07, 6.45) is 1.41. The molecule has 0 N–H and O–H groups in total. The van der Waals surface area contributed by atoms with Crippen molar-refractivity contribution >= 4 is 26.8 Å². The number of hydrogen-bond acceptors (Lipinski definition) is 5. The van der Waals surface area contributed by atoms with Crippen molar-refractivity contribution in [1.29, 1.82) is 0 Å². The molecule has 6 nitrogen and oxygen atoms in total. The van der Waals surface area contributed by atoms with Crippen LogP contribution in [-0.4, -0.2) is 45.5 Å². The van der Waals surface area contributed by atoms with Crippen LogP contribution < -0.4 is 4.74 Å². The summed E-state index contributed by atoms with van der Waals surface area (Å²) in [4.78, 5) is 8.91. The highest BCUT2D eigenvalue weighted by molar-refractivity contribution is 9.10. The van der Waals surface area contributed by atoms with Gasteiger partial charge in [-0.2, -0.15) is 5.10 Å². The Balaban J connectivity index is 1.62. The van der Waals surface area contributed by atoms with Gasteiger partial charge in [0.05, 0.1) is 28.9 Å². The number of ether oxygens (including phenoxy) is 2. The third-order valence-electron chi connectivity index (χ3n) is 5.26. The van der Waals surface area contributed by atoms with Crippen molar-refractivity contribution in [2.24, 2.45) is 0 Å². The summed E-state index contributed by atoms with van der Waals surface area (Å²) in [5.41, 5.74) is 3.38. The van der Waals surface area contributed by atoms with E-state index in [2.05, 4.69) is 31.0 Å². The van der Waals surface area contributed by atoms with E-state index in [0.717, 1.165) is 21.8 Å². The van der Waals surface area contributed by atoms with Gasteiger partial charge in [-0.05, 0) is 22.0 Å². The predicted octanol–water partition coefficient (Wildman–Crippen LogP) is 5.36. The predicted molar refractivity (Wildman–Crippen MR) is 120 cm³/mol. The van der Waals surface area contributed by atoms with Gasteiger partial charge >= 0.3 is 0 Å². The summed E-state index contributed by atoms with van der Waals surface area (Å²) < 4.78 is 39.6. The Morgan fingerprint density at radius 1 is 1.16 bits per heavy atom. The number of rotatable bonds is 6. The first-order valence-corrected chi connectivity index (χ1v) is 11.0. The number of nitrogens with zero attached hydrogens (tertiary/aromatic N) is 4. The molecular formula is C23H19BrF2N4O2. The molecule has 2 aromatic carbocycles. The number of benzene rings is 2. The molecule has 1 aliphatic rings. The summed E-state index contributed by atoms with van der Waals surface area (Å²) in [7, 11) is 0. The van der Waals surface area contributed by atoms with Gasteiger partial charge in [0.15, 0.2) is 0 Å². The molecule has 1 aliphatic heterocycles. The molecule has 4 aromatic rings. The van der Waals surface area contributed by atoms with Crippen molar-refractivity contribution in [3.8, 4) is 28.3 Å². The van der Waals surface area contributed by atoms with Crippen molar-refractivity contribution in [2.75, 3.05) is 13.2 Å². The molecule has 164 valence electrons. The molecule has 1 saturated heterocycles. The molecule has 0 spiro atoms. The second kappa shape index (κ2) is 8.91. The molecule has 0 aliphatic carbocycles. The van der Waals surface area contributed by atoms with Crippen molar-refractivity contribution in [2.45, 2.75) is 25.5 Å². The van der Waals surface area contributed by atoms with Gasteiger partial charge in [-0.15, -0.1) is 0 Å². The Hall–Kier alpha value is -2.91. The molecule has 9 heteroatoms. The van der Waals surface area contributed by atoms with Crippen LogP contribution in [0.3, 0.4) is 0 Å². The van der Waals surface area contributed by atoms with Crippen molar-refractivity contribution in [3.63, 3.8) is 0 Å². The van der Waals surface area contributed by atoms with Crippen LogP contribution in [-0.2, 0) is 11.3 Å². The quantitative estimate of drug-likeness (QED) is 0.356. The first-order chi connectivity index (χ1) is 15.6. The number of aromatic nitrogens is 4. The monoisotopic (exact) mass is 500 g/mol. The third kappa shape index (κ3) is 4.22. The molecule has 0 bridgehead atoms. The lowest BCUT2D eigenvalue weighted by Gasteiger charge is -2.14. The van der Waals surface area contributed by atoms with E-state index in [1.165, 1.54) is 11.0 Å². The Kier molecular flexibility index (Phi) is 5.84. The molecule has 2 aromatic heterocycles. The van der Waals surface area contributed by atoms with Crippen LogP contribution in [0.5, 0.6) is 5.75 Å². The van der Waals surface area contributed by atoms with E-state index in [9.17, 15) is 8.78 Å². The summed E-state index contributed by atoms with van der Waals surface area (Å²) in [5, 5.41) is 5.21. The van der Waals surface area contributed by atoms with Gasteiger partial charge in [0.1, 0.15) is 30.4 Å². The number of halogens is 3. The molecule has 1 fully saturated rings. The van der Waals surface area contributed by atoms with E-state index in [1.54, 1.807) is 6.20 Å². The van der Waals surface area contributed by atoms with Crippen molar-refractivity contribution in [1.82, 2.24) is 19.7 Å². The summed E-state index contributed by atoms with van der Waals surface area (Å²) in [5.74, 6) is 0.675. The first kappa shape index (κ1) is 21.0. The van der Waals surface area contributed by atoms with Crippen LogP contribution >= 0.6 is 15.9 Å². The highest BCUT2D eigenvalue weighted by Crippen LogP contribution is 2.38. The SMILES string of the molecule is FC(F)Cn1cc(-c2ncnc3cc(OC4CCOC4)c(Br)cc23)c(-c2ccccc2)n1. The topological polar surface area (TPSA) is 62.1 Å². The minimum Gasteiger partial charge on any atom is -0.487 e. The number of alkyl halides is 2. The molecule has 5 rings (SSSR count). The molecule has 1 unspecified atom stereocenters. The van der Waals surface area contributed by atoms with Gasteiger partial charge in [0.2, 0.25) is 0 Å². The highest BCUT2D eigenvalue weighted by atomic mass is 79.9. The molecule has 3 heterocycles. The highest BCUT2D eigenvalue weighted by Gasteiger charge is 2.21. The van der Waals surface area contributed by atoms with E-state index in [4.69, 9.17) is 9.47 Å². The molecular weight excluding hydrogens is 482 g/mol. The van der Waals surface area contributed by atoms with Crippen LogP contribution in [0.2, 0.25) is 0 Å². The van der Waals surface area contributed by atoms with Gasteiger partial charge in [-0.25, -0.2) is 18.7 Å². The van der Waals surface area contributed by atoms with E-state index in [0.29, 0.717) is 41.4 Å². The lowest BCUT2D eigenvalue weighted by molar-refractivity contribution is 0.122. The lowest BCUT2D eigenvalue weighted by Crippen LogP contribution is -2.15. The van der Waals surface area contributed by atoms with Crippen molar-refractivity contribution < 1.29 is 18.3 Å². The summed E-state index contributed by atoms with van der Waals surface area (Å²) in [6.45, 7) is 0.754. The van der Waals surface area contributed by atoms with Crippen LogP contribution in [0, 0.1) is 0 Å². The van der Waals surface area contributed by atoms with E-state index in [-0.39, 0.29) is 6.10 Å². The average Bonchev–Trinajstić information content (AvgIpc) is 3.44. The standard InChI is InChI=1S/C23H19BrF2N4O2/c24-18-8-16-19(9-20(18)32-15-6-7-31-12-15)27-13-28-23(16)17-10-30(11-21(25)26)29-22(17)14-4-2-1-3-5-14/h1-5,8-10,13,15,21H,6-7,11-12H2. The minimum absolute atomic E-state index is 0.00215. The Bertz CT molecular complexity index is 1240. The Morgan fingerprint density at radius 3 is 2.75 bits per heavy atom. The maximum absolute atomic E-state index is 13.1. The molecule has 1 atom stereocenters. The van der Waals surface area contributed by atoms with Crippen LogP contribution in [0.15, 0.2) is 59.5 Å².